The SMILES string of the molecule is COC(=O)Cc1cn(CCCN)c2c(C)c(Cl)ccc12. The fraction of sp³-hybridized carbons (Fsp3) is 0.400. The lowest BCUT2D eigenvalue weighted by molar-refractivity contribution is -0.139. The first-order valence-corrected chi connectivity index (χ1v) is 7.00. The molecule has 2 aromatic rings. The predicted molar refractivity (Wildman–Crippen MR) is 81.1 cm³/mol. The van der Waals surface area contributed by atoms with Crippen molar-refractivity contribution in [2.24, 2.45) is 5.73 Å². The average molecular weight is 295 g/mol. The van der Waals surface area contributed by atoms with Gasteiger partial charge in [-0.25, -0.2) is 0 Å². The molecule has 0 atom stereocenters. The molecule has 0 bridgehead atoms. The standard InChI is InChI=1S/C15H19ClN2O2/c1-10-13(16)5-4-12-11(8-14(19)20-2)9-18(15(10)12)7-3-6-17/h4-5,9H,3,6-8,17H2,1-2H3. The van der Waals surface area contributed by atoms with Gasteiger partial charge in [0.25, 0.3) is 0 Å². The van der Waals surface area contributed by atoms with Crippen LogP contribution in [0.25, 0.3) is 10.9 Å². The number of carbonyl (C=O) groups is 1. The number of aromatic nitrogens is 1. The van der Waals surface area contributed by atoms with Crippen LogP contribution < -0.4 is 5.73 Å². The van der Waals surface area contributed by atoms with Gasteiger partial charge >= 0.3 is 5.97 Å². The summed E-state index contributed by atoms with van der Waals surface area (Å²) in [6.45, 7) is 3.44. The highest BCUT2D eigenvalue weighted by Crippen LogP contribution is 2.30. The molecule has 0 spiro atoms. The first kappa shape index (κ1) is 14.9. The van der Waals surface area contributed by atoms with Crippen LogP contribution in [0.4, 0.5) is 0 Å². The Morgan fingerprint density at radius 1 is 1.45 bits per heavy atom. The van der Waals surface area contributed by atoms with Gasteiger partial charge in [-0.1, -0.05) is 17.7 Å². The Kier molecular flexibility index (Phi) is 4.68. The van der Waals surface area contributed by atoms with Gasteiger partial charge in [-0.05, 0) is 37.1 Å². The van der Waals surface area contributed by atoms with Crippen molar-refractivity contribution in [2.45, 2.75) is 26.3 Å². The van der Waals surface area contributed by atoms with Crippen LogP contribution in [0.5, 0.6) is 0 Å². The number of nitrogens with zero attached hydrogens (tertiary/aromatic N) is 1. The minimum absolute atomic E-state index is 0.240. The highest BCUT2D eigenvalue weighted by molar-refractivity contribution is 6.32. The van der Waals surface area contributed by atoms with Crippen molar-refractivity contribution >= 4 is 28.5 Å². The summed E-state index contributed by atoms with van der Waals surface area (Å²) in [6.07, 6.45) is 3.15. The van der Waals surface area contributed by atoms with Gasteiger partial charge in [0.15, 0.2) is 0 Å². The van der Waals surface area contributed by atoms with E-state index >= 15 is 0 Å². The molecule has 0 fully saturated rings. The first-order chi connectivity index (χ1) is 9.58. The van der Waals surface area contributed by atoms with E-state index in [1.54, 1.807) is 0 Å². The van der Waals surface area contributed by atoms with Gasteiger partial charge in [0.2, 0.25) is 0 Å². The van der Waals surface area contributed by atoms with Gasteiger partial charge in [0, 0.05) is 23.2 Å². The summed E-state index contributed by atoms with van der Waals surface area (Å²) in [4.78, 5) is 11.5. The van der Waals surface area contributed by atoms with E-state index in [9.17, 15) is 4.79 Å². The molecule has 20 heavy (non-hydrogen) atoms. The molecule has 0 radical (unpaired) electrons. The molecular weight excluding hydrogens is 276 g/mol. The molecule has 2 N–H and O–H groups in total. The second-order valence-corrected chi connectivity index (χ2v) is 5.22. The average Bonchev–Trinajstić information content (AvgIpc) is 2.79. The number of rotatable bonds is 5. The summed E-state index contributed by atoms with van der Waals surface area (Å²) >= 11 is 6.21. The topological polar surface area (TPSA) is 57.2 Å². The molecule has 4 nitrogen and oxygen atoms in total. The van der Waals surface area contributed by atoms with Crippen molar-refractivity contribution in [3.8, 4) is 0 Å². The molecule has 0 aliphatic rings. The molecule has 0 amide bonds. The molecule has 0 aliphatic heterocycles. The quantitative estimate of drug-likeness (QED) is 0.863. The minimum Gasteiger partial charge on any atom is -0.469 e. The predicted octanol–water partition coefficient (Wildman–Crippen LogP) is 2.67. The third-order valence-electron chi connectivity index (χ3n) is 3.48. The first-order valence-electron chi connectivity index (χ1n) is 6.62. The molecule has 0 aliphatic carbocycles. The van der Waals surface area contributed by atoms with Crippen LogP contribution in [-0.2, 0) is 22.5 Å². The maximum absolute atomic E-state index is 11.5. The van der Waals surface area contributed by atoms with Crippen LogP contribution in [-0.4, -0.2) is 24.2 Å². The third kappa shape index (κ3) is 2.81. The van der Waals surface area contributed by atoms with Crippen molar-refractivity contribution in [1.29, 1.82) is 0 Å². The Hall–Kier alpha value is -1.52. The van der Waals surface area contributed by atoms with Crippen LogP contribution in [0.1, 0.15) is 17.5 Å². The Balaban J connectivity index is 2.54. The van der Waals surface area contributed by atoms with Crippen LogP contribution in [0, 0.1) is 6.92 Å². The number of methoxy groups -OCH3 is 1. The zero-order valence-corrected chi connectivity index (χ0v) is 12.5. The van der Waals surface area contributed by atoms with E-state index in [4.69, 9.17) is 22.1 Å². The number of fused-ring (bicyclic) bond motifs is 1. The van der Waals surface area contributed by atoms with Gasteiger partial charge in [-0.15, -0.1) is 0 Å². The van der Waals surface area contributed by atoms with Gasteiger partial charge in [0.05, 0.1) is 19.0 Å². The lowest BCUT2D eigenvalue weighted by Crippen LogP contribution is -2.06. The van der Waals surface area contributed by atoms with Crippen molar-refractivity contribution in [2.75, 3.05) is 13.7 Å². The van der Waals surface area contributed by atoms with Gasteiger partial charge in [-0.3, -0.25) is 4.79 Å². The normalized spacial score (nSPS) is 11.0. The minimum atomic E-state index is -0.240. The summed E-state index contributed by atoms with van der Waals surface area (Å²) in [5, 5.41) is 1.78. The number of hydrogen-bond donors (Lipinski definition) is 1. The molecule has 1 heterocycles. The van der Waals surface area contributed by atoms with E-state index in [0.717, 1.165) is 40.0 Å². The number of hydrogen-bond acceptors (Lipinski definition) is 3. The Labute approximate surface area is 123 Å². The maximum atomic E-state index is 11.5. The Morgan fingerprint density at radius 3 is 2.85 bits per heavy atom. The highest BCUT2D eigenvalue weighted by atomic mass is 35.5. The van der Waals surface area contributed by atoms with Crippen LogP contribution in [0.2, 0.25) is 5.02 Å². The third-order valence-corrected chi connectivity index (χ3v) is 3.88. The lowest BCUT2D eigenvalue weighted by Gasteiger charge is -2.07. The number of ether oxygens (including phenoxy) is 1. The van der Waals surface area contributed by atoms with Crippen LogP contribution in [0.3, 0.4) is 0 Å². The van der Waals surface area contributed by atoms with E-state index in [0.29, 0.717) is 6.54 Å². The molecule has 108 valence electrons. The Morgan fingerprint density at radius 2 is 2.20 bits per heavy atom. The van der Waals surface area contributed by atoms with E-state index in [1.165, 1.54) is 7.11 Å². The number of halogens is 1. The number of carbonyl (C=O) groups excluding carboxylic acids is 1. The van der Waals surface area contributed by atoms with Gasteiger partial charge in [0.1, 0.15) is 0 Å². The summed E-state index contributed by atoms with van der Waals surface area (Å²) in [5.41, 5.74) is 8.64. The van der Waals surface area contributed by atoms with Crippen LogP contribution in [0.15, 0.2) is 18.3 Å². The fourth-order valence-electron chi connectivity index (χ4n) is 2.43. The van der Waals surface area contributed by atoms with Crippen molar-refractivity contribution in [1.82, 2.24) is 4.57 Å². The molecule has 0 saturated carbocycles. The zero-order chi connectivity index (χ0) is 14.7. The summed E-state index contributed by atoms with van der Waals surface area (Å²) in [5.74, 6) is -0.240. The largest absolute Gasteiger partial charge is 0.469 e. The summed E-state index contributed by atoms with van der Waals surface area (Å²) < 4.78 is 6.88. The highest BCUT2D eigenvalue weighted by Gasteiger charge is 2.15. The van der Waals surface area contributed by atoms with Gasteiger partial charge < -0.3 is 15.0 Å². The van der Waals surface area contributed by atoms with Crippen molar-refractivity contribution < 1.29 is 9.53 Å². The molecule has 1 aromatic carbocycles. The maximum Gasteiger partial charge on any atom is 0.310 e. The zero-order valence-electron chi connectivity index (χ0n) is 11.8. The van der Waals surface area contributed by atoms with E-state index in [-0.39, 0.29) is 12.4 Å². The molecule has 1 aromatic heterocycles. The van der Waals surface area contributed by atoms with E-state index in [2.05, 4.69) is 4.57 Å². The van der Waals surface area contributed by atoms with E-state index in [1.807, 2.05) is 25.3 Å². The van der Waals surface area contributed by atoms with Crippen LogP contribution >= 0.6 is 11.6 Å². The molecule has 5 heteroatoms. The second kappa shape index (κ2) is 6.29. The fourth-order valence-corrected chi connectivity index (χ4v) is 2.59. The van der Waals surface area contributed by atoms with E-state index < -0.39 is 0 Å². The number of nitrogens with two attached hydrogens (primary N) is 1. The van der Waals surface area contributed by atoms with Crippen molar-refractivity contribution in [3.05, 3.63) is 34.5 Å². The monoisotopic (exact) mass is 294 g/mol. The molecule has 0 saturated heterocycles. The molecule has 0 unspecified atom stereocenters. The molecular formula is C15H19ClN2O2. The van der Waals surface area contributed by atoms with Gasteiger partial charge in [-0.2, -0.15) is 0 Å². The summed E-state index contributed by atoms with van der Waals surface area (Å²) in [7, 11) is 1.40. The smallest absolute Gasteiger partial charge is 0.310 e. The number of aryl methyl sites for hydroxylation is 2. The lowest BCUT2D eigenvalue weighted by atomic mass is 10.1. The Bertz CT molecular complexity index is 634. The summed E-state index contributed by atoms with van der Waals surface area (Å²) in [6, 6.07) is 3.83. The number of esters is 1. The van der Waals surface area contributed by atoms with Crippen molar-refractivity contribution in [3.63, 3.8) is 0 Å². The second-order valence-electron chi connectivity index (χ2n) is 4.81. The molecule has 2 rings (SSSR count). The number of benzene rings is 1.